The topological polar surface area (TPSA) is 107 Å². The Morgan fingerprint density at radius 2 is 1.74 bits per heavy atom. The van der Waals surface area contributed by atoms with Gasteiger partial charge in [0.15, 0.2) is 0 Å². The summed E-state index contributed by atoms with van der Waals surface area (Å²) >= 11 is 0.612. The molecule has 0 bridgehead atoms. The summed E-state index contributed by atoms with van der Waals surface area (Å²) in [5.74, 6) is -2.07. The number of rotatable bonds is 8. The van der Waals surface area contributed by atoms with Crippen LogP contribution in [-0.2, 0) is 19.1 Å². The van der Waals surface area contributed by atoms with Gasteiger partial charge in [-0.05, 0) is 30.8 Å². The van der Waals surface area contributed by atoms with E-state index in [0.29, 0.717) is 17.3 Å². The van der Waals surface area contributed by atoms with Crippen LogP contribution in [0.2, 0.25) is 0 Å². The molecule has 1 N–H and O–H groups in total. The van der Waals surface area contributed by atoms with E-state index in [2.05, 4.69) is 0 Å². The number of carbonyl (C=O) groups is 4. The fourth-order valence-electron chi connectivity index (χ4n) is 1.47. The number of carbonyl (C=O) groups excluding carboxylic acids is 3. The first kappa shape index (κ1) is 18.7. The van der Waals surface area contributed by atoms with Gasteiger partial charge < -0.3 is 14.6 Å². The van der Waals surface area contributed by atoms with Crippen LogP contribution in [0.15, 0.2) is 30.3 Å². The van der Waals surface area contributed by atoms with Crippen molar-refractivity contribution in [2.75, 3.05) is 6.79 Å². The first-order valence-corrected chi connectivity index (χ1v) is 7.58. The second-order valence-electron chi connectivity index (χ2n) is 4.43. The second-order valence-corrected chi connectivity index (χ2v) is 5.71. The molecule has 0 aliphatic carbocycles. The molecule has 0 saturated carbocycles. The summed E-state index contributed by atoms with van der Waals surface area (Å²) in [5, 5.41) is 6.98. The van der Waals surface area contributed by atoms with Crippen molar-refractivity contribution >= 4 is 34.8 Å². The first-order chi connectivity index (χ1) is 10.9. The lowest BCUT2D eigenvalue weighted by Gasteiger charge is -2.09. The summed E-state index contributed by atoms with van der Waals surface area (Å²) in [6.45, 7) is 0.918. The van der Waals surface area contributed by atoms with Gasteiger partial charge in [-0.2, -0.15) is 0 Å². The Morgan fingerprint density at radius 1 is 1.09 bits per heavy atom. The van der Waals surface area contributed by atoms with Crippen molar-refractivity contribution in [1.29, 1.82) is 0 Å². The van der Waals surface area contributed by atoms with Gasteiger partial charge in [-0.1, -0.05) is 18.2 Å². The molecule has 1 aromatic rings. The molecule has 1 aromatic carbocycles. The van der Waals surface area contributed by atoms with Gasteiger partial charge in [-0.25, -0.2) is 9.59 Å². The summed E-state index contributed by atoms with van der Waals surface area (Å²) in [7, 11) is 0. The summed E-state index contributed by atoms with van der Waals surface area (Å²) in [6, 6.07) is 8.20. The van der Waals surface area contributed by atoms with Crippen LogP contribution in [0, 0.1) is 0 Å². The van der Waals surface area contributed by atoms with Crippen molar-refractivity contribution in [1.82, 2.24) is 0 Å². The molecule has 0 heterocycles. The highest BCUT2D eigenvalue weighted by Crippen LogP contribution is 2.16. The molecule has 1 unspecified atom stereocenters. The monoisotopic (exact) mass is 340 g/mol. The van der Waals surface area contributed by atoms with Crippen LogP contribution in [0.3, 0.4) is 0 Å². The molecule has 0 spiro atoms. The van der Waals surface area contributed by atoms with E-state index in [4.69, 9.17) is 14.6 Å². The number of esters is 1. The normalized spacial score (nSPS) is 11.3. The van der Waals surface area contributed by atoms with Gasteiger partial charge in [0.25, 0.3) is 0 Å². The highest BCUT2D eigenvalue weighted by molar-refractivity contribution is 8.14. The van der Waals surface area contributed by atoms with Crippen LogP contribution in [0.5, 0.6) is 0 Å². The van der Waals surface area contributed by atoms with Crippen LogP contribution in [0.1, 0.15) is 30.1 Å². The molecule has 0 radical (unpaired) electrons. The van der Waals surface area contributed by atoms with Crippen molar-refractivity contribution in [3.63, 3.8) is 0 Å². The van der Waals surface area contributed by atoms with E-state index in [0.717, 1.165) is 0 Å². The molecule has 124 valence electrons. The molecule has 1 rings (SSSR count). The molecule has 0 aliphatic heterocycles. The average molecular weight is 340 g/mol. The third kappa shape index (κ3) is 7.46. The van der Waals surface area contributed by atoms with Gasteiger partial charge in [-0.15, -0.1) is 0 Å². The molecule has 8 heteroatoms. The van der Waals surface area contributed by atoms with E-state index in [9.17, 15) is 19.2 Å². The van der Waals surface area contributed by atoms with Crippen molar-refractivity contribution < 1.29 is 33.8 Å². The predicted octanol–water partition coefficient (Wildman–Crippen LogP) is 2.49. The van der Waals surface area contributed by atoms with Crippen LogP contribution < -0.4 is 0 Å². The van der Waals surface area contributed by atoms with Gasteiger partial charge in [0.05, 0.1) is 17.2 Å². The number of carboxylic acids is 1. The Morgan fingerprint density at radius 3 is 2.35 bits per heavy atom. The molecule has 1 atom stereocenters. The number of aliphatic carboxylic acids is 1. The smallest absolute Gasteiger partial charge is 0.370 e. The Balaban J connectivity index is 2.27. The lowest BCUT2D eigenvalue weighted by molar-refractivity contribution is -0.138. The van der Waals surface area contributed by atoms with Crippen LogP contribution in [0.25, 0.3) is 0 Å². The number of carboxylic acid groups (broad SMARTS) is 1. The Bertz CT molecular complexity index is 570. The van der Waals surface area contributed by atoms with Crippen LogP contribution >= 0.6 is 11.8 Å². The maximum Gasteiger partial charge on any atom is 0.370 e. The SMILES string of the molecule is CC(SC(=O)OCOC(=O)c1ccccc1)C(=O)CCC(=O)O. The largest absolute Gasteiger partial charge is 0.481 e. The minimum atomic E-state index is -1.08. The highest BCUT2D eigenvalue weighted by atomic mass is 32.2. The molecule has 0 saturated heterocycles. The van der Waals surface area contributed by atoms with Crippen LogP contribution in [-0.4, -0.2) is 40.2 Å². The zero-order valence-corrected chi connectivity index (χ0v) is 13.2. The molecule has 0 aromatic heterocycles. The molecule has 0 aliphatic rings. The predicted molar refractivity (Wildman–Crippen MR) is 82.1 cm³/mol. The van der Waals surface area contributed by atoms with Crippen molar-refractivity contribution in [2.45, 2.75) is 25.0 Å². The lowest BCUT2D eigenvalue weighted by atomic mass is 10.2. The molecular weight excluding hydrogens is 324 g/mol. The Labute approximate surface area is 137 Å². The standard InChI is InChI=1S/C15H16O7S/c1-10(12(16)7-8-13(17)18)23-15(20)22-9-21-14(19)11-5-3-2-4-6-11/h2-6,10H,7-9H2,1H3,(H,17,18). The van der Waals surface area contributed by atoms with Gasteiger partial charge in [0, 0.05) is 6.42 Å². The maximum atomic E-state index is 11.6. The van der Waals surface area contributed by atoms with Gasteiger partial charge in [0.2, 0.25) is 6.79 Å². The molecular formula is C15H16O7S. The Kier molecular flexibility index (Phi) is 7.82. The number of thioether (sulfide) groups is 1. The average Bonchev–Trinajstić information content (AvgIpc) is 2.53. The highest BCUT2D eigenvalue weighted by Gasteiger charge is 2.19. The number of hydrogen-bond acceptors (Lipinski definition) is 7. The van der Waals surface area contributed by atoms with Gasteiger partial charge in [0.1, 0.15) is 5.78 Å². The summed E-state index contributed by atoms with van der Waals surface area (Å²) in [5.41, 5.74) is 0.327. The fourth-order valence-corrected chi connectivity index (χ4v) is 2.12. The van der Waals surface area contributed by atoms with E-state index in [1.54, 1.807) is 30.3 Å². The van der Waals surface area contributed by atoms with Gasteiger partial charge in [-0.3, -0.25) is 9.59 Å². The number of ketones is 1. The van der Waals surface area contributed by atoms with Crippen molar-refractivity contribution in [3.05, 3.63) is 35.9 Å². The molecule has 0 fully saturated rings. The zero-order valence-electron chi connectivity index (χ0n) is 12.4. The number of hydrogen-bond donors (Lipinski definition) is 1. The fraction of sp³-hybridized carbons (Fsp3) is 0.333. The molecule has 7 nitrogen and oxygen atoms in total. The third-order valence-electron chi connectivity index (χ3n) is 2.69. The number of benzene rings is 1. The summed E-state index contributed by atoms with van der Waals surface area (Å²) < 4.78 is 9.45. The van der Waals surface area contributed by atoms with Gasteiger partial charge >= 0.3 is 17.2 Å². The van der Waals surface area contributed by atoms with E-state index < -0.39 is 29.3 Å². The number of Topliss-reactive ketones (excluding diaryl/α,β-unsaturated/α-hetero) is 1. The summed E-state index contributed by atoms with van der Waals surface area (Å²) in [4.78, 5) is 45.0. The van der Waals surface area contributed by atoms with Crippen molar-refractivity contribution in [2.24, 2.45) is 0 Å². The summed E-state index contributed by atoms with van der Waals surface area (Å²) in [6.07, 6.45) is -0.437. The zero-order chi connectivity index (χ0) is 17.2. The molecule has 23 heavy (non-hydrogen) atoms. The van der Waals surface area contributed by atoms with Crippen molar-refractivity contribution in [3.8, 4) is 0 Å². The van der Waals surface area contributed by atoms with E-state index in [-0.39, 0.29) is 18.6 Å². The first-order valence-electron chi connectivity index (χ1n) is 6.70. The maximum absolute atomic E-state index is 11.6. The Hall–Kier alpha value is -2.35. The quantitative estimate of drug-likeness (QED) is 0.568. The molecule has 0 amide bonds. The number of ether oxygens (including phenoxy) is 2. The van der Waals surface area contributed by atoms with E-state index in [1.165, 1.54) is 6.92 Å². The van der Waals surface area contributed by atoms with E-state index >= 15 is 0 Å². The minimum absolute atomic E-state index is 0.153. The van der Waals surface area contributed by atoms with Crippen LogP contribution in [0.4, 0.5) is 4.79 Å². The van der Waals surface area contributed by atoms with E-state index in [1.807, 2.05) is 0 Å². The minimum Gasteiger partial charge on any atom is -0.481 e. The second kappa shape index (κ2) is 9.62. The third-order valence-corrected chi connectivity index (χ3v) is 3.61. The lowest BCUT2D eigenvalue weighted by Crippen LogP contribution is -2.18.